The van der Waals surface area contributed by atoms with Crippen molar-refractivity contribution >= 4 is 12.2 Å². The fourth-order valence-electron chi connectivity index (χ4n) is 1.98. The number of hydrogen-bond donors (Lipinski definition) is 2. The highest BCUT2D eigenvalue weighted by atomic mass is 16.3. The molecule has 2 aromatic carbocycles. The molecule has 0 aliphatic heterocycles. The first-order valence-electron chi connectivity index (χ1n) is 5.83. The highest BCUT2D eigenvalue weighted by Gasteiger charge is 2.01. The molecule has 0 atom stereocenters. The molecule has 0 amide bonds. The van der Waals surface area contributed by atoms with Gasteiger partial charge in [-0.05, 0) is 60.4 Å². The molecule has 0 aromatic heterocycles. The first kappa shape index (κ1) is 12.2. The molecule has 2 nitrogen and oxygen atoms in total. The zero-order valence-corrected chi connectivity index (χ0v) is 10.5. The summed E-state index contributed by atoms with van der Waals surface area (Å²) < 4.78 is 0. The van der Waals surface area contributed by atoms with E-state index in [0.29, 0.717) is 5.75 Å². The standard InChI is InChI=1S/C16H16O2/c1-11-9-15(18)10-12(2)16(11)8-5-13-3-6-14(17)7-4-13/h3-10,17-18H,1-2H3. The van der Waals surface area contributed by atoms with Gasteiger partial charge in [0.25, 0.3) is 0 Å². The van der Waals surface area contributed by atoms with Gasteiger partial charge in [-0.1, -0.05) is 24.3 Å². The first-order valence-corrected chi connectivity index (χ1v) is 5.83. The van der Waals surface area contributed by atoms with Gasteiger partial charge in [0.2, 0.25) is 0 Å². The van der Waals surface area contributed by atoms with Gasteiger partial charge in [0.05, 0.1) is 0 Å². The Bertz CT molecular complexity index is 558. The lowest BCUT2D eigenvalue weighted by molar-refractivity contribution is 0.474. The van der Waals surface area contributed by atoms with Crippen LogP contribution in [0.25, 0.3) is 12.2 Å². The van der Waals surface area contributed by atoms with E-state index < -0.39 is 0 Å². The van der Waals surface area contributed by atoms with E-state index in [1.54, 1.807) is 24.3 Å². The van der Waals surface area contributed by atoms with Crippen LogP contribution in [0.2, 0.25) is 0 Å². The van der Waals surface area contributed by atoms with E-state index >= 15 is 0 Å². The van der Waals surface area contributed by atoms with Crippen molar-refractivity contribution in [3.8, 4) is 11.5 Å². The minimum absolute atomic E-state index is 0.268. The lowest BCUT2D eigenvalue weighted by Crippen LogP contribution is -1.86. The molecule has 0 heterocycles. The Hall–Kier alpha value is -2.22. The predicted octanol–water partition coefficient (Wildman–Crippen LogP) is 3.89. The summed E-state index contributed by atoms with van der Waals surface area (Å²) in [4.78, 5) is 0. The maximum absolute atomic E-state index is 9.48. The van der Waals surface area contributed by atoms with Gasteiger partial charge in [-0.25, -0.2) is 0 Å². The van der Waals surface area contributed by atoms with Gasteiger partial charge in [-0.15, -0.1) is 0 Å². The summed E-state index contributed by atoms with van der Waals surface area (Å²) in [6.07, 6.45) is 4.02. The van der Waals surface area contributed by atoms with Crippen LogP contribution in [0.3, 0.4) is 0 Å². The van der Waals surface area contributed by atoms with Crippen molar-refractivity contribution in [1.82, 2.24) is 0 Å². The minimum atomic E-state index is 0.268. The van der Waals surface area contributed by atoms with E-state index in [4.69, 9.17) is 0 Å². The summed E-state index contributed by atoms with van der Waals surface area (Å²) in [5.41, 5.74) is 4.23. The van der Waals surface area contributed by atoms with Crippen molar-refractivity contribution < 1.29 is 10.2 Å². The van der Waals surface area contributed by atoms with Crippen LogP contribution >= 0.6 is 0 Å². The highest BCUT2D eigenvalue weighted by molar-refractivity contribution is 5.73. The Morgan fingerprint density at radius 3 is 1.89 bits per heavy atom. The van der Waals surface area contributed by atoms with Gasteiger partial charge in [0.1, 0.15) is 11.5 Å². The second-order valence-electron chi connectivity index (χ2n) is 4.42. The third-order valence-electron chi connectivity index (χ3n) is 2.91. The van der Waals surface area contributed by atoms with Gasteiger partial charge in [-0.3, -0.25) is 0 Å². The summed E-state index contributed by atoms with van der Waals surface area (Å²) in [6.45, 7) is 3.95. The molecule has 18 heavy (non-hydrogen) atoms. The Morgan fingerprint density at radius 1 is 0.778 bits per heavy atom. The maximum Gasteiger partial charge on any atom is 0.116 e. The van der Waals surface area contributed by atoms with Crippen LogP contribution in [0.5, 0.6) is 11.5 Å². The predicted molar refractivity (Wildman–Crippen MR) is 74.6 cm³/mol. The van der Waals surface area contributed by atoms with Gasteiger partial charge >= 0.3 is 0 Å². The molecule has 0 radical (unpaired) electrons. The van der Waals surface area contributed by atoms with Crippen molar-refractivity contribution in [1.29, 1.82) is 0 Å². The number of aromatic hydroxyl groups is 2. The number of rotatable bonds is 2. The Labute approximate surface area is 107 Å². The van der Waals surface area contributed by atoms with Crippen LogP contribution in [0.15, 0.2) is 36.4 Å². The number of benzene rings is 2. The molecule has 0 aliphatic carbocycles. The molecule has 0 unspecified atom stereocenters. The third-order valence-corrected chi connectivity index (χ3v) is 2.91. The van der Waals surface area contributed by atoms with Crippen molar-refractivity contribution in [2.75, 3.05) is 0 Å². The lowest BCUT2D eigenvalue weighted by atomic mass is 10.0. The number of aryl methyl sites for hydroxylation is 2. The Morgan fingerprint density at radius 2 is 1.33 bits per heavy atom. The zero-order chi connectivity index (χ0) is 13.1. The van der Waals surface area contributed by atoms with Gasteiger partial charge in [0.15, 0.2) is 0 Å². The number of hydrogen-bond acceptors (Lipinski definition) is 2. The molecule has 0 bridgehead atoms. The van der Waals surface area contributed by atoms with Crippen molar-refractivity contribution in [3.63, 3.8) is 0 Å². The van der Waals surface area contributed by atoms with E-state index in [0.717, 1.165) is 22.3 Å². The van der Waals surface area contributed by atoms with Crippen LogP contribution < -0.4 is 0 Å². The fourth-order valence-corrected chi connectivity index (χ4v) is 1.98. The molecule has 2 heteroatoms. The minimum Gasteiger partial charge on any atom is -0.508 e. The quantitative estimate of drug-likeness (QED) is 0.782. The molecule has 2 N–H and O–H groups in total. The molecule has 2 rings (SSSR count). The zero-order valence-electron chi connectivity index (χ0n) is 10.5. The summed E-state index contributed by atoms with van der Waals surface area (Å²) in [6, 6.07) is 10.5. The van der Waals surface area contributed by atoms with E-state index in [-0.39, 0.29) is 5.75 Å². The molecule has 0 aliphatic rings. The average molecular weight is 240 g/mol. The SMILES string of the molecule is Cc1cc(O)cc(C)c1C=Cc1ccc(O)cc1. The maximum atomic E-state index is 9.48. The van der Waals surface area contributed by atoms with Crippen LogP contribution in [-0.4, -0.2) is 10.2 Å². The van der Waals surface area contributed by atoms with Crippen molar-refractivity contribution in [2.45, 2.75) is 13.8 Å². The second kappa shape index (κ2) is 4.96. The molecular formula is C16H16O2. The largest absolute Gasteiger partial charge is 0.508 e. The van der Waals surface area contributed by atoms with Crippen molar-refractivity contribution in [2.24, 2.45) is 0 Å². The van der Waals surface area contributed by atoms with Gasteiger partial charge in [0, 0.05) is 0 Å². The van der Waals surface area contributed by atoms with E-state index in [1.165, 1.54) is 0 Å². The topological polar surface area (TPSA) is 40.5 Å². The smallest absolute Gasteiger partial charge is 0.116 e. The molecule has 0 spiro atoms. The van der Waals surface area contributed by atoms with E-state index in [9.17, 15) is 10.2 Å². The second-order valence-corrected chi connectivity index (χ2v) is 4.42. The molecular weight excluding hydrogens is 224 g/mol. The van der Waals surface area contributed by atoms with Crippen LogP contribution in [0, 0.1) is 13.8 Å². The first-order chi connectivity index (χ1) is 8.56. The number of phenols is 2. The Balaban J connectivity index is 2.31. The molecule has 0 saturated heterocycles. The summed E-state index contributed by atoms with van der Waals surface area (Å²) in [7, 11) is 0. The molecule has 92 valence electrons. The number of phenolic OH excluding ortho intramolecular Hbond substituents is 2. The Kier molecular flexibility index (Phi) is 3.38. The normalized spacial score (nSPS) is 11.0. The van der Waals surface area contributed by atoms with E-state index in [1.807, 2.05) is 38.1 Å². The van der Waals surface area contributed by atoms with Crippen molar-refractivity contribution in [3.05, 3.63) is 58.7 Å². The third kappa shape index (κ3) is 2.72. The molecule has 0 fully saturated rings. The fraction of sp³-hybridized carbons (Fsp3) is 0.125. The van der Waals surface area contributed by atoms with Gasteiger partial charge in [-0.2, -0.15) is 0 Å². The van der Waals surface area contributed by atoms with Crippen LogP contribution in [0.1, 0.15) is 22.3 Å². The summed E-state index contributed by atoms with van der Waals surface area (Å²) in [5, 5.41) is 18.7. The van der Waals surface area contributed by atoms with Crippen LogP contribution in [-0.2, 0) is 0 Å². The van der Waals surface area contributed by atoms with Gasteiger partial charge < -0.3 is 10.2 Å². The van der Waals surface area contributed by atoms with E-state index in [2.05, 4.69) is 0 Å². The lowest BCUT2D eigenvalue weighted by Gasteiger charge is -2.06. The molecule has 0 saturated carbocycles. The summed E-state index contributed by atoms with van der Waals surface area (Å²) >= 11 is 0. The average Bonchev–Trinajstić information content (AvgIpc) is 2.30. The van der Waals surface area contributed by atoms with Crippen LogP contribution in [0.4, 0.5) is 0 Å². The summed E-state index contributed by atoms with van der Waals surface area (Å²) in [5.74, 6) is 0.566. The monoisotopic (exact) mass is 240 g/mol. The highest BCUT2D eigenvalue weighted by Crippen LogP contribution is 2.23. The molecule has 2 aromatic rings.